The van der Waals surface area contributed by atoms with Gasteiger partial charge in [0.2, 0.25) is 11.8 Å². The molecule has 29 heavy (non-hydrogen) atoms. The monoisotopic (exact) mass is 404 g/mol. The van der Waals surface area contributed by atoms with E-state index >= 15 is 0 Å². The smallest absolute Gasteiger partial charge is 0.246 e. The van der Waals surface area contributed by atoms with Crippen LogP contribution in [0.3, 0.4) is 0 Å². The topological polar surface area (TPSA) is 93.6 Å². The van der Waals surface area contributed by atoms with Crippen molar-refractivity contribution in [2.75, 3.05) is 32.1 Å². The molecule has 8 nitrogen and oxygen atoms in total. The van der Waals surface area contributed by atoms with Gasteiger partial charge in [-0.2, -0.15) is 0 Å². The van der Waals surface area contributed by atoms with Crippen molar-refractivity contribution in [3.05, 3.63) is 29.6 Å². The summed E-state index contributed by atoms with van der Waals surface area (Å²) in [6.45, 7) is 12.0. The minimum atomic E-state index is -0.692. The molecule has 1 fully saturated rings. The Morgan fingerprint density at radius 2 is 1.97 bits per heavy atom. The number of aromatic nitrogens is 2. The van der Waals surface area contributed by atoms with Crippen molar-refractivity contribution in [1.82, 2.24) is 15.0 Å². The van der Waals surface area contributed by atoms with Gasteiger partial charge in [-0.3, -0.25) is 15.0 Å². The molecule has 3 heterocycles. The van der Waals surface area contributed by atoms with Gasteiger partial charge in [0.1, 0.15) is 5.76 Å². The zero-order valence-electron chi connectivity index (χ0n) is 18.2. The summed E-state index contributed by atoms with van der Waals surface area (Å²) in [5.41, 5.74) is -0.552. The number of hydrogen-bond donors (Lipinski definition) is 1. The SMILES string of the molecule is Cc1ncc(C(C)(C)c2cc(NC(=O)C(C)(C)N(C)CC3CCOCC3)on2)o1. The Morgan fingerprint density at radius 1 is 1.28 bits per heavy atom. The molecule has 2 aromatic rings. The van der Waals surface area contributed by atoms with Crippen LogP contribution in [-0.4, -0.2) is 53.3 Å². The lowest BCUT2D eigenvalue weighted by Crippen LogP contribution is -2.52. The number of ether oxygens (including phenoxy) is 1. The molecule has 0 saturated carbocycles. The fourth-order valence-corrected chi connectivity index (χ4v) is 3.39. The number of nitrogens with one attached hydrogen (secondary N) is 1. The molecule has 0 atom stereocenters. The highest BCUT2D eigenvalue weighted by Crippen LogP contribution is 2.32. The molecule has 160 valence electrons. The van der Waals surface area contributed by atoms with Crippen LogP contribution in [0.4, 0.5) is 5.88 Å². The summed E-state index contributed by atoms with van der Waals surface area (Å²) in [7, 11) is 1.98. The second kappa shape index (κ2) is 8.28. The van der Waals surface area contributed by atoms with E-state index in [0.29, 0.717) is 29.1 Å². The Labute approximate surface area is 172 Å². The van der Waals surface area contributed by atoms with E-state index in [1.165, 1.54) is 0 Å². The van der Waals surface area contributed by atoms with E-state index in [2.05, 4.69) is 20.4 Å². The number of nitrogens with zero attached hydrogens (tertiary/aromatic N) is 3. The molecule has 0 radical (unpaired) electrons. The Balaban J connectivity index is 1.65. The van der Waals surface area contributed by atoms with Gasteiger partial charge in [-0.15, -0.1) is 0 Å². The number of rotatable bonds is 7. The zero-order valence-corrected chi connectivity index (χ0v) is 18.2. The van der Waals surface area contributed by atoms with Gasteiger partial charge in [-0.25, -0.2) is 4.98 Å². The highest BCUT2D eigenvalue weighted by atomic mass is 16.5. The van der Waals surface area contributed by atoms with Crippen molar-refractivity contribution in [3.63, 3.8) is 0 Å². The Morgan fingerprint density at radius 3 is 2.59 bits per heavy atom. The van der Waals surface area contributed by atoms with Crippen molar-refractivity contribution < 1.29 is 18.5 Å². The predicted molar refractivity (Wildman–Crippen MR) is 109 cm³/mol. The quantitative estimate of drug-likeness (QED) is 0.756. The molecule has 0 bridgehead atoms. The molecule has 0 unspecified atom stereocenters. The van der Waals surface area contributed by atoms with Crippen molar-refractivity contribution in [3.8, 4) is 0 Å². The lowest BCUT2D eigenvalue weighted by molar-refractivity contribution is -0.126. The van der Waals surface area contributed by atoms with Crippen LogP contribution in [-0.2, 0) is 14.9 Å². The molecule has 1 N–H and O–H groups in total. The van der Waals surface area contributed by atoms with Crippen LogP contribution in [0, 0.1) is 12.8 Å². The van der Waals surface area contributed by atoms with Gasteiger partial charge in [-0.05, 0) is 53.5 Å². The molecule has 3 rings (SSSR count). The normalized spacial score (nSPS) is 16.4. The lowest BCUT2D eigenvalue weighted by Gasteiger charge is -2.37. The molecule has 2 aromatic heterocycles. The summed E-state index contributed by atoms with van der Waals surface area (Å²) in [6, 6.07) is 1.74. The summed E-state index contributed by atoms with van der Waals surface area (Å²) in [4.78, 5) is 19.2. The number of amides is 1. The third kappa shape index (κ3) is 4.70. The van der Waals surface area contributed by atoms with Crippen LogP contribution in [0.25, 0.3) is 0 Å². The number of carbonyl (C=O) groups excluding carboxylic acids is 1. The van der Waals surface area contributed by atoms with E-state index in [1.807, 2.05) is 34.7 Å². The first-order valence-electron chi connectivity index (χ1n) is 10.1. The van der Waals surface area contributed by atoms with Crippen LogP contribution >= 0.6 is 0 Å². The third-order valence-corrected chi connectivity index (χ3v) is 6.01. The van der Waals surface area contributed by atoms with Gasteiger partial charge in [-0.1, -0.05) is 5.16 Å². The predicted octanol–water partition coefficient (Wildman–Crippen LogP) is 3.37. The summed E-state index contributed by atoms with van der Waals surface area (Å²) < 4.78 is 16.5. The lowest BCUT2D eigenvalue weighted by atomic mass is 9.87. The van der Waals surface area contributed by atoms with Crippen LogP contribution < -0.4 is 5.32 Å². The number of oxazole rings is 1. The number of hydrogen-bond acceptors (Lipinski definition) is 7. The van der Waals surface area contributed by atoms with Gasteiger partial charge >= 0.3 is 0 Å². The molecule has 1 amide bonds. The fourth-order valence-electron chi connectivity index (χ4n) is 3.39. The van der Waals surface area contributed by atoms with E-state index in [0.717, 1.165) is 32.6 Å². The van der Waals surface area contributed by atoms with Crippen LogP contribution in [0.2, 0.25) is 0 Å². The maximum atomic E-state index is 13.0. The van der Waals surface area contributed by atoms with E-state index < -0.39 is 11.0 Å². The Kier molecular flexibility index (Phi) is 6.14. The number of aryl methyl sites for hydroxylation is 1. The largest absolute Gasteiger partial charge is 0.445 e. The van der Waals surface area contributed by atoms with Crippen molar-refractivity contribution in [2.24, 2.45) is 5.92 Å². The molecular formula is C21H32N4O4. The fraction of sp³-hybridized carbons (Fsp3) is 0.667. The van der Waals surface area contributed by atoms with E-state index in [4.69, 9.17) is 13.7 Å². The molecule has 1 aliphatic heterocycles. The number of anilines is 1. The average molecular weight is 405 g/mol. The molecule has 1 saturated heterocycles. The molecule has 8 heteroatoms. The number of likely N-dealkylation sites (N-methyl/N-ethyl adjacent to an activating group) is 1. The second-order valence-corrected chi connectivity index (χ2v) is 8.89. The van der Waals surface area contributed by atoms with Gasteiger partial charge in [0.25, 0.3) is 0 Å². The summed E-state index contributed by atoms with van der Waals surface area (Å²) >= 11 is 0. The molecule has 1 aliphatic rings. The summed E-state index contributed by atoms with van der Waals surface area (Å²) in [5.74, 6) is 2.02. The highest BCUT2D eigenvalue weighted by molar-refractivity contribution is 5.96. The Hall–Kier alpha value is -2.19. The standard InChI is InChI=1S/C21H32N4O4/c1-14-22-12-17(28-14)20(2,3)16-11-18(29-24-16)23-19(26)21(4,5)25(6)13-15-7-9-27-10-8-15/h11-12,15H,7-10,13H2,1-6H3,(H,23,26). The van der Waals surface area contributed by atoms with Crippen molar-refractivity contribution in [1.29, 1.82) is 0 Å². The first-order valence-corrected chi connectivity index (χ1v) is 10.1. The summed E-state index contributed by atoms with van der Waals surface area (Å²) in [5, 5.41) is 7.01. The zero-order chi connectivity index (χ0) is 21.2. The van der Waals surface area contributed by atoms with Crippen molar-refractivity contribution >= 4 is 11.8 Å². The first-order chi connectivity index (χ1) is 13.6. The maximum Gasteiger partial charge on any atom is 0.246 e. The summed E-state index contributed by atoms with van der Waals surface area (Å²) in [6.07, 6.45) is 3.75. The van der Waals surface area contributed by atoms with Crippen LogP contribution in [0.5, 0.6) is 0 Å². The molecule has 0 spiro atoms. The molecule has 0 aliphatic carbocycles. The first kappa shape index (κ1) is 21.5. The second-order valence-electron chi connectivity index (χ2n) is 8.89. The Bertz CT molecular complexity index is 833. The maximum absolute atomic E-state index is 13.0. The van der Waals surface area contributed by atoms with Gasteiger partial charge in [0.05, 0.1) is 22.8 Å². The third-order valence-electron chi connectivity index (χ3n) is 6.01. The van der Waals surface area contributed by atoms with E-state index in [9.17, 15) is 4.79 Å². The van der Waals surface area contributed by atoms with E-state index in [1.54, 1.807) is 19.2 Å². The highest BCUT2D eigenvalue weighted by Gasteiger charge is 2.36. The van der Waals surface area contributed by atoms with Crippen LogP contribution in [0.1, 0.15) is 57.9 Å². The van der Waals surface area contributed by atoms with Gasteiger partial charge in [0, 0.05) is 32.7 Å². The minimum Gasteiger partial charge on any atom is -0.445 e. The van der Waals surface area contributed by atoms with E-state index in [-0.39, 0.29) is 5.91 Å². The number of carbonyl (C=O) groups is 1. The van der Waals surface area contributed by atoms with Gasteiger partial charge in [0.15, 0.2) is 5.89 Å². The minimum absolute atomic E-state index is 0.136. The molecular weight excluding hydrogens is 372 g/mol. The molecule has 0 aromatic carbocycles. The average Bonchev–Trinajstić information content (AvgIpc) is 3.32. The van der Waals surface area contributed by atoms with Crippen LogP contribution in [0.15, 0.2) is 21.2 Å². The van der Waals surface area contributed by atoms with Gasteiger partial charge < -0.3 is 13.7 Å². The van der Waals surface area contributed by atoms with Crippen molar-refractivity contribution in [2.45, 2.75) is 58.4 Å².